The highest BCUT2D eigenvalue weighted by Gasteiger charge is 2.23. The topological polar surface area (TPSA) is 69.9 Å². The first-order valence-corrected chi connectivity index (χ1v) is 19.8. The van der Waals surface area contributed by atoms with Crippen molar-refractivity contribution in [2.45, 2.75) is 0 Å². The van der Waals surface area contributed by atoms with Crippen molar-refractivity contribution >= 4 is 87.2 Å². The van der Waals surface area contributed by atoms with Crippen molar-refractivity contribution < 1.29 is 8.83 Å². The van der Waals surface area contributed by atoms with Crippen molar-refractivity contribution in [2.75, 3.05) is 0 Å². The Kier molecular flexibility index (Phi) is 6.63. The van der Waals surface area contributed by atoms with Crippen LogP contribution in [0, 0.1) is 0 Å². The van der Waals surface area contributed by atoms with Crippen LogP contribution in [0.4, 0.5) is 0 Å². The Morgan fingerprint density at radius 1 is 0.339 bits per heavy atom. The molecule has 13 rings (SSSR count). The number of benzene rings is 9. The maximum atomic E-state index is 6.93. The Labute approximate surface area is 336 Å². The van der Waals surface area contributed by atoms with Crippen LogP contribution < -0.4 is 0 Å². The van der Waals surface area contributed by atoms with E-state index in [-0.39, 0.29) is 0 Å². The molecule has 0 aliphatic heterocycles. The fraction of sp³-hybridized carbons (Fsp3) is 0. The van der Waals surface area contributed by atoms with E-state index in [0.717, 1.165) is 82.5 Å². The molecule has 0 aliphatic carbocycles. The Hall–Kier alpha value is -8.09. The molecule has 0 amide bonds. The number of aromatic nitrogens is 4. The first kappa shape index (κ1) is 32.0. The molecule has 6 nitrogen and oxygen atoms in total. The summed E-state index contributed by atoms with van der Waals surface area (Å²) in [4.78, 5) is 15.0. The van der Waals surface area contributed by atoms with E-state index < -0.39 is 0 Å². The molecule has 0 N–H and O–H groups in total. The fourth-order valence-corrected chi connectivity index (χ4v) is 9.09. The SMILES string of the molecule is c1ccc(-c2nc(-c3ccccc3)nc(-c3ccc4oc5c6ccccc6c6c7cc(-n8c9ccccc9c9cc%10ccccc%10cc98)ccc7oc6c5c4c3)n2)cc1. The van der Waals surface area contributed by atoms with Gasteiger partial charge in [0.05, 0.1) is 16.4 Å². The summed E-state index contributed by atoms with van der Waals surface area (Å²) in [5, 5.41) is 11.0. The summed E-state index contributed by atoms with van der Waals surface area (Å²) in [7, 11) is 0. The van der Waals surface area contributed by atoms with Gasteiger partial charge in [-0.15, -0.1) is 0 Å². The van der Waals surface area contributed by atoms with E-state index in [0.29, 0.717) is 17.5 Å². The van der Waals surface area contributed by atoms with Gasteiger partial charge in [-0.05, 0) is 70.8 Å². The van der Waals surface area contributed by atoms with E-state index in [2.05, 4.69) is 114 Å². The molecule has 13 aromatic rings. The third kappa shape index (κ3) is 4.77. The van der Waals surface area contributed by atoms with Crippen molar-refractivity contribution in [1.82, 2.24) is 19.5 Å². The van der Waals surface area contributed by atoms with Crippen LogP contribution >= 0.6 is 0 Å². The van der Waals surface area contributed by atoms with Crippen molar-refractivity contribution in [3.63, 3.8) is 0 Å². The normalized spacial score (nSPS) is 12.1. The molecule has 9 aromatic carbocycles. The first-order valence-electron chi connectivity index (χ1n) is 19.8. The highest BCUT2D eigenvalue weighted by Crippen LogP contribution is 2.46. The van der Waals surface area contributed by atoms with E-state index in [1.807, 2.05) is 72.8 Å². The van der Waals surface area contributed by atoms with Gasteiger partial charge in [-0.25, -0.2) is 15.0 Å². The van der Waals surface area contributed by atoms with Crippen LogP contribution in [0.3, 0.4) is 0 Å². The molecule has 0 atom stereocenters. The number of para-hydroxylation sites is 1. The summed E-state index contributed by atoms with van der Waals surface area (Å²) in [6.45, 7) is 0. The quantitative estimate of drug-likeness (QED) is 0.179. The molecule has 0 spiro atoms. The average Bonchev–Trinajstić information content (AvgIpc) is 3.98. The Balaban J connectivity index is 1.07. The zero-order valence-corrected chi connectivity index (χ0v) is 31.4. The minimum atomic E-state index is 0.583. The van der Waals surface area contributed by atoms with Crippen LogP contribution in [0.25, 0.3) is 127 Å². The lowest BCUT2D eigenvalue weighted by atomic mass is 9.99. The van der Waals surface area contributed by atoms with Crippen molar-refractivity contribution in [2.24, 2.45) is 0 Å². The van der Waals surface area contributed by atoms with Gasteiger partial charge in [-0.1, -0.05) is 127 Å². The van der Waals surface area contributed by atoms with Gasteiger partial charge in [0.15, 0.2) is 17.5 Å². The maximum absolute atomic E-state index is 6.93. The Morgan fingerprint density at radius 3 is 1.63 bits per heavy atom. The molecule has 4 aromatic heterocycles. The summed E-state index contributed by atoms with van der Waals surface area (Å²) >= 11 is 0. The largest absolute Gasteiger partial charge is 0.455 e. The van der Waals surface area contributed by atoms with E-state index in [1.54, 1.807) is 0 Å². The molecule has 0 unspecified atom stereocenters. The van der Waals surface area contributed by atoms with E-state index in [9.17, 15) is 0 Å². The molecular weight excluding hydrogens is 725 g/mol. The minimum Gasteiger partial charge on any atom is -0.455 e. The van der Waals surface area contributed by atoms with Crippen LogP contribution in [-0.2, 0) is 0 Å². The smallest absolute Gasteiger partial charge is 0.164 e. The standard InChI is InChI=1S/C53H30N4O2/c1-3-13-31(14-4-1)51-54-52(32-15-5-2-6-16-32)56-53(55-51)35-23-25-45-41(28-35)48-49(58-45)39-21-10-9-20-38(39)47-42-30-36(24-26-46(42)59-50(47)48)57-43-22-12-11-19-37(43)40-27-33-17-7-8-18-34(33)29-44(40)57/h1-30H. The molecule has 0 aliphatic rings. The second-order valence-electron chi connectivity index (χ2n) is 15.2. The lowest BCUT2D eigenvalue weighted by Gasteiger charge is -2.09. The van der Waals surface area contributed by atoms with Crippen LogP contribution in [0.2, 0.25) is 0 Å². The van der Waals surface area contributed by atoms with Gasteiger partial charge in [-0.3, -0.25) is 0 Å². The highest BCUT2D eigenvalue weighted by atomic mass is 16.3. The fourth-order valence-electron chi connectivity index (χ4n) is 9.09. The summed E-state index contributed by atoms with van der Waals surface area (Å²) in [6, 6.07) is 63.2. The maximum Gasteiger partial charge on any atom is 0.164 e. The summed E-state index contributed by atoms with van der Waals surface area (Å²) in [5.74, 6) is 1.81. The van der Waals surface area contributed by atoms with E-state index in [4.69, 9.17) is 23.8 Å². The molecule has 274 valence electrons. The number of hydrogen-bond acceptors (Lipinski definition) is 5. The molecular formula is C53H30N4O2. The monoisotopic (exact) mass is 754 g/mol. The lowest BCUT2D eigenvalue weighted by Crippen LogP contribution is -2.00. The van der Waals surface area contributed by atoms with Crippen molar-refractivity contribution in [1.29, 1.82) is 0 Å². The Bertz CT molecular complexity index is 3790. The number of nitrogens with zero attached hydrogens (tertiary/aromatic N) is 4. The van der Waals surface area contributed by atoms with Gasteiger partial charge in [0.25, 0.3) is 0 Å². The van der Waals surface area contributed by atoms with Gasteiger partial charge >= 0.3 is 0 Å². The number of furan rings is 2. The van der Waals surface area contributed by atoms with Gasteiger partial charge in [0.1, 0.15) is 22.3 Å². The van der Waals surface area contributed by atoms with Crippen LogP contribution in [0.15, 0.2) is 191 Å². The molecule has 4 heterocycles. The van der Waals surface area contributed by atoms with Gasteiger partial charge in [-0.2, -0.15) is 0 Å². The zero-order valence-electron chi connectivity index (χ0n) is 31.4. The first-order chi connectivity index (χ1) is 29.2. The van der Waals surface area contributed by atoms with E-state index in [1.165, 1.54) is 27.1 Å². The lowest BCUT2D eigenvalue weighted by molar-refractivity contribution is 0.665. The van der Waals surface area contributed by atoms with Crippen molar-refractivity contribution in [3.8, 4) is 39.9 Å². The minimum absolute atomic E-state index is 0.583. The highest BCUT2D eigenvalue weighted by molar-refractivity contribution is 6.34. The molecule has 0 radical (unpaired) electrons. The number of hydrogen-bond donors (Lipinski definition) is 0. The van der Waals surface area contributed by atoms with Crippen LogP contribution in [0.5, 0.6) is 0 Å². The second-order valence-corrected chi connectivity index (χ2v) is 15.2. The predicted molar refractivity (Wildman–Crippen MR) is 240 cm³/mol. The molecule has 59 heavy (non-hydrogen) atoms. The van der Waals surface area contributed by atoms with Crippen LogP contribution in [-0.4, -0.2) is 19.5 Å². The van der Waals surface area contributed by atoms with Gasteiger partial charge in [0.2, 0.25) is 0 Å². The van der Waals surface area contributed by atoms with Crippen molar-refractivity contribution in [3.05, 3.63) is 182 Å². The second kappa shape index (κ2) is 12.2. The number of fused-ring (bicyclic) bond motifs is 14. The molecule has 0 saturated heterocycles. The average molecular weight is 755 g/mol. The van der Waals surface area contributed by atoms with E-state index >= 15 is 0 Å². The summed E-state index contributed by atoms with van der Waals surface area (Å²) < 4.78 is 16.1. The zero-order chi connectivity index (χ0) is 38.6. The molecule has 0 saturated carbocycles. The molecule has 6 heteroatoms. The predicted octanol–water partition coefficient (Wildman–Crippen LogP) is 14.1. The summed E-state index contributed by atoms with van der Waals surface area (Å²) in [6.07, 6.45) is 0. The Morgan fingerprint density at radius 2 is 0.898 bits per heavy atom. The molecule has 0 bridgehead atoms. The van der Waals surface area contributed by atoms with Crippen LogP contribution in [0.1, 0.15) is 0 Å². The third-order valence-corrected chi connectivity index (χ3v) is 11.8. The third-order valence-electron chi connectivity index (χ3n) is 11.8. The van der Waals surface area contributed by atoms with Gasteiger partial charge < -0.3 is 13.4 Å². The summed E-state index contributed by atoms with van der Waals surface area (Å²) in [5.41, 5.74) is 9.27. The van der Waals surface area contributed by atoms with Gasteiger partial charge in [0, 0.05) is 54.7 Å². The molecule has 0 fully saturated rings. The number of rotatable bonds is 4.